The van der Waals surface area contributed by atoms with Crippen LogP contribution >= 0.6 is 0 Å². The molecule has 1 aliphatic carbocycles. The lowest BCUT2D eigenvalue weighted by Crippen LogP contribution is -2.46. The molecule has 0 aromatic heterocycles. The van der Waals surface area contributed by atoms with Crippen molar-refractivity contribution in [1.29, 1.82) is 0 Å². The highest BCUT2D eigenvalue weighted by Crippen LogP contribution is 2.22. The largest absolute Gasteiger partial charge is 0.478 e. The van der Waals surface area contributed by atoms with Crippen molar-refractivity contribution in [1.82, 2.24) is 10.2 Å². The Kier molecular flexibility index (Phi) is 6.04. The smallest absolute Gasteiger partial charge is 0.335 e. The summed E-state index contributed by atoms with van der Waals surface area (Å²) >= 11 is 0. The predicted molar refractivity (Wildman–Crippen MR) is 88.0 cm³/mol. The second-order valence-corrected chi connectivity index (χ2v) is 5.78. The lowest BCUT2D eigenvalue weighted by atomic mass is 9.94. The molecule has 0 bridgehead atoms. The molecule has 0 saturated heterocycles. The quantitative estimate of drug-likeness (QED) is 0.821. The number of terminal acetylenes is 1. The van der Waals surface area contributed by atoms with Gasteiger partial charge in [-0.05, 0) is 30.5 Å². The number of carbonyl (C=O) groups is 2. The highest BCUT2D eigenvalue weighted by molar-refractivity contribution is 5.87. The number of nitrogens with zero attached hydrogens (tertiary/aromatic N) is 1. The topological polar surface area (TPSA) is 69.6 Å². The zero-order chi connectivity index (χ0) is 16.7. The Labute approximate surface area is 136 Å². The number of urea groups is 1. The summed E-state index contributed by atoms with van der Waals surface area (Å²) in [6.07, 6.45) is 10.9. The van der Waals surface area contributed by atoms with Gasteiger partial charge in [0.1, 0.15) is 0 Å². The minimum absolute atomic E-state index is 0.155. The summed E-state index contributed by atoms with van der Waals surface area (Å²) in [4.78, 5) is 25.0. The van der Waals surface area contributed by atoms with Crippen LogP contribution in [0.25, 0.3) is 0 Å². The van der Waals surface area contributed by atoms with Gasteiger partial charge in [-0.15, -0.1) is 6.42 Å². The van der Waals surface area contributed by atoms with Gasteiger partial charge < -0.3 is 15.3 Å². The first kappa shape index (κ1) is 16.9. The lowest BCUT2D eigenvalue weighted by Gasteiger charge is -2.33. The van der Waals surface area contributed by atoms with Crippen LogP contribution in [0, 0.1) is 12.3 Å². The van der Waals surface area contributed by atoms with E-state index in [9.17, 15) is 9.59 Å². The Morgan fingerprint density at radius 2 is 1.87 bits per heavy atom. The molecular weight excluding hydrogens is 292 g/mol. The molecular formula is C18H22N2O3. The monoisotopic (exact) mass is 314 g/mol. The summed E-state index contributed by atoms with van der Waals surface area (Å²) in [5.41, 5.74) is 1.09. The number of carbonyl (C=O) groups excluding carboxylic acids is 1. The fourth-order valence-corrected chi connectivity index (χ4v) is 2.90. The molecule has 2 rings (SSSR count). The fraction of sp³-hybridized carbons (Fsp3) is 0.444. The van der Waals surface area contributed by atoms with Crippen LogP contribution in [0.15, 0.2) is 24.3 Å². The second kappa shape index (κ2) is 8.23. The molecule has 0 heterocycles. The van der Waals surface area contributed by atoms with E-state index < -0.39 is 5.97 Å². The fourth-order valence-electron chi connectivity index (χ4n) is 2.90. The molecule has 1 fully saturated rings. The van der Waals surface area contributed by atoms with Crippen molar-refractivity contribution in [3.05, 3.63) is 35.4 Å². The Bertz CT molecular complexity index is 583. The summed E-state index contributed by atoms with van der Waals surface area (Å²) in [5.74, 6) is 1.60. The molecule has 0 spiro atoms. The van der Waals surface area contributed by atoms with Gasteiger partial charge in [0.2, 0.25) is 0 Å². The molecule has 5 heteroatoms. The predicted octanol–water partition coefficient (Wildman–Crippen LogP) is 2.86. The van der Waals surface area contributed by atoms with Gasteiger partial charge in [-0.2, -0.15) is 0 Å². The number of carboxylic acids is 1. The Morgan fingerprint density at radius 3 is 2.43 bits per heavy atom. The first-order valence-corrected chi connectivity index (χ1v) is 7.92. The number of hydrogen-bond acceptors (Lipinski definition) is 2. The Hall–Kier alpha value is -2.48. The van der Waals surface area contributed by atoms with E-state index in [-0.39, 0.29) is 17.6 Å². The van der Waals surface area contributed by atoms with Crippen LogP contribution in [0.2, 0.25) is 0 Å². The molecule has 0 aliphatic heterocycles. The molecule has 0 radical (unpaired) electrons. The van der Waals surface area contributed by atoms with Gasteiger partial charge in [-0.25, -0.2) is 9.59 Å². The minimum atomic E-state index is -0.960. The van der Waals surface area contributed by atoms with E-state index >= 15 is 0 Å². The Balaban J connectivity index is 1.93. The van der Waals surface area contributed by atoms with Gasteiger partial charge in [0, 0.05) is 12.6 Å². The number of nitrogens with one attached hydrogen (secondary N) is 1. The summed E-state index contributed by atoms with van der Waals surface area (Å²) in [6.45, 7) is 0.668. The minimum Gasteiger partial charge on any atom is -0.478 e. The second-order valence-electron chi connectivity index (χ2n) is 5.78. The molecule has 5 nitrogen and oxygen atoms in total. The van der Waals surface area contributed by atoms with Crippen LogP contribution in [0.1, 0.15) is 48.0 Å². The summed E-state index contributed by atoms with van der Waals surface area (Å²) < 4.78 is 0. The molecule has 1 aliphatic rings. The highest BCUT2D eigenvalue weighted by Gasteiger charge is 2.24. The van der Waals surface area contributed by atoms with Crippen molar-refractivity contribution in [2.24, 2.45) is 0 Å². The standard InChI is InChI=1S/C18H22N2O3/c1-2-12-20(16-6-4-3-5-7-16)18(23)19-13-14-8-10-15(11-9-14)17(21)22/h1,8-11,16H,3-7,12-13H2,(H,19,23)(H,21,22). The van der Waals surface area contributed by atoms with Gasteiger partial charge in [0.05, 0.1) is 12.1 Å². The molecule has 0 unspecified atom stereocenters. The molecule has 0 atom stereocenters. The maximum Gasteiger partial charge on any atom is 0.335 e. The molecule has 1 saturated carbocycles. The molecule has 23 heavy (non-hydrogen) atoms. The van der Waals surface area contributed by atoms with Crippen molar-refractivity contribution >= 4 is 12.0 Å². The van der Waals surface area contributed by atoms with Crippen molar-refractivity contribution in [2.75, 3.05) is 6.54 Å². The van der Waals surface area contributed by atoms with Crippen LogP contribution in [-0.4, -0.2) is 34.6 Å². The van der Waals surface area contributed by atoms with Crippen LogP contribution in [0.4, 0.5) is 4.79 Å². The van der Waals surface area contributed by atoms with E-state index in [1.54, 1.807) is 17.0 Å². The zero-order valence-electron chi connectivity index (χ0n) is 13.1. The molecule has 2 N–H and O–H groups in total. The van der Waals surface area contributed by atoms with Gasteiger partial charge in [0.25, 0.3) is 0 Å². The summed E-state index contributed by atoms with van der Waals surface area (Å²) in [7, 11) is 0. The third-order valence-corrected chi connectivity index (χ3v) is 4.18. The lowest BCUT2D eigenvalue weighted by molar-refractivity contribution is 0.0697. The first-order chi connectivity index (χ1) is 11.1. The summed E-state index contributed by atoms with van der Waals surface area (Å²) in [5, 5.41) is 11.7. The van der Waals surface area contributed by atoms with E-state index in [2.05, 4.69) is 11.2 Å². The van der Waals surface area contributed by atoms with Crippen molar-refractivity contribution < 1.29 is 14.7 Å². The number of aromatic carboxylic acids is 1. The normalized spacial score (nSPS) is 14.7. The van der Waals surface area contributed by atoms with Crippen LogP contribution < -0.4 is 5.32 Å². The Morgan fingerprint density at radius 1 is 1.22 bits per heavy atom. The average molecular weight is 314 g/mol. The van der Waals surface area contributed by atoms with Crippen LogP contribution in [-0.2, 0) is 6.54 Å². The molecule has 1 aromatic rings. The van der Waals surface area contributed by atoms with E-state index in [0.717, 1.165) is 31.2 Å². The number of amides is 2. The SMILES string of the molecule is C#CCN(C(=O)NCc1ccc(C(=O)O)cc1)C1CCCCC1. The van der Waals surface area contributed by atoms with Gasteiger partial charge in [-0.1, -0.05) is 37.3 Å². The molecule has 2 amide bonds. The summed E-state index contributed by atoms with van der Waals surface area (Å²) in [6, 6.07) is 6.53. The van der Waals surface area contributed by atoms with E-state index in [0.29, 0.717) is 13.1 Å². The first-order valence-electron chi connectivity index (χ1n) is 7.92. The third-order valence-electron chi connectivity index (χ3n) is 4.18. The van der Waals surface area contributed by atoms with Crippen molar-refractivity contribution in [3.63, 3.8) is 0 Å². The van der Waals surface area contributed by atoms with Gasteiger partial charge in [0.15, 0.2) is 0 Å². The zero-order valence-corrected chi connectivity index (χ0v) is 13.1. The van der Waals surface area contributed by atoms with Crippen LogP contribution in [0.3, 0.4) is 0 Å². The van der Waals surface area contributed by atoms with Gasteiger partial charge in [-0.3, -0.25) is 0 Å². The van der Waals surface area contributed by atoms with Crippen molar-refractivity contribution in [2.45, 2.75) is 44.7 Å². The number of rotatable bonds is 5. The van der Waals surface area contributed by atoms with E-state index in [1.807, 2.05) is 0 Å². The maximum atomic E-state index is 12.4. The maximum absolute atomic E-state index is 12.4. The van der Waals surface area contributed by atoms with Crippen molar-refractivity contribution in [3.8, 4) is 12.3 Å². The number of benzene rings is 1. The average Bonchev–Trinajstić information content (AvgIpc) is 2.58. The molecule has 1 aromatic carbocycles. The third kappa shape index (κ3) is 4.75. The highest BCUT2D eigenvalue weighted by atomic mass is 16.4. The number of hydrogen-bond donors (Lipinski definition) is 2. The van der Waals surface area contributed by atoms with Gasteiger partial charge >= 0.3 is 12.0 Å². The van der Waals surface area contributed by atoms with E-state index in [4.69, 9.17) is 11.5 Å². The molecule has 122 valence electrons. The van der Waals surface area contributed by atoms with E-state index in [1.165, 1.54) is 18.6 Å². The number of carboxylic acid groups (broad SMARTS) is 1. The van der Waals surface area contributed by atoms with Crippen LogP contribution in [0.5, 0.6) is 0 Å².